The van der Waals surface area contributed by atoms with Crippen molar-refractivity contribution >= 4 is 16.3 Å². The molecule has 0 bridgehead atoms. The second-order valence-corrected chi connectivity index (χ2v) is 7.01. The molecule has 0 radical (unpaired) electrons. The van der Waals surface area contributed by atoms with E-state index in [0.29, 0.717) is 12.2 Å². The Balaban J connectivity index is 1.59. The Morgan fingerprint density at radius 3 is 2.70 bits per heavy atom. The quantitative estimate of drug-likeness (QED) is 0.831. The second-order valence-electron chi connectivity index (χ2n) is 7.01. The Morgan fingerprint density at radius 1 is 1.04 bits per heavy atom. The third kappa shape index (κ3) is 2.71. The fourth-order valence-corrected chi connectivity index (χ4v) is 4.33. The fraction of sp³-hybridized carbons (Fsp3) is 0.429. The van der Waals surface area contributed by atoms with E-state index >= 15 is 0 Å². The maximum Gasteiger partial charge on any atom is 0.0628 e. The number of hydrogen-bond acceptors (Lipinski definition) is 2. The predicted molar refractivity (Wildman–Crippen MR) is 98.4 cm³/mol. The molecule has 0 saturated carbocycles. The second kappa shape index (κ2) is 6.10. The van der Waals surface area contributed by atoms with Gasteiger partial charge < -0.3 is 0 Å². The van der Waals surface area contributed by atoms with Gasteiger partial charge in [0.05, 0.1) is 6.17 Å². The zero-order chi connectivity index (χ0) is 15.8. The summed E-state index contributed by atoms with van der Waals surface area (Å²) in [5, 5.41) is 2.61. The Kier molecular flexibility index (Phi) is 3.96. The minimum Gasteiger partial charge on any atom is -0.288 e. The summed E-state index contributed by atoms with van der Waals surface area (Å²) in [5.74, 6) is 0. The largest absolute Gasteiger partial charge is 0.288 e. The molecule has 0 spiro atoms. The van der Waals surface area contributed by atoms with E-state index in [0.717, 1.165) is 0 Å². The highest BCUT2D eigenvalue weighted by Gasteiger charge is 2.35. The Morgan fingerprint density at radius 2 is 1.83 bits per heavy atom. The van der Waals surface area contributed by atoms with Crippen LogP contribution in [0.15, 0.2) is 49.0 Å². The van der Waals surface area contributed by atoms with Gasteiger partial charge in [0.25, 0.3) is 0 Å². The standard InChI is InChI=1S/C21H26N2/c1-16(19-11-10-18-7-3-4-8-20(18)15-19)17(2)23-14-6-13-22-12-5-9-21(22)23/h3-4,7-8,10-11,15,17,21H,1,5-6,9,12-14H2,2H3. The topological polar surface area (TPSA) is 6.48 Å². The molecule has 2 aliphatic rings. The van der Waals surface area contributed by atoms with Gasteiger partial charge in [-0.1, -0.05) is 43.0 Å². The lowest BCUT2D eigenvalue weighted by Crippen LogP contribution is -2.53. The molecule has 0 amide bonds. The molecule has 2 fully saturated rings. The van der Waals surface area contributed by atoms with Crippen molar-refractivity contribution < 1.29 is 0 Å². The normalized spacial score (nSPS) is 23.8. The van der Waals surface area contributed by atoms with E-state index < -0.39 is 0 Å². The zero-order valence-electron chi connectivity index (χ0n) is 14.0. The van der Waals surface area contributed by atoms with Gasteiger partial charge in [0.2, 0.25) is 0 Å². The minimum atomic E-state index is 0.405. The number of rotatable bonds is 3. The predicted octanol–water partition coefficient (Wildman–Crippen LogP) is 4.37. The van der Waals surface area contributed by atoms with Crippen LogP contribution in [0, 0.1) is 0 Å². The van der Waals surface area contributed by atoms with Gasteiger partial charge in [-0.3, -0.25) is 9.80 Å². The van der Waals surface area contributed by atoms with E-state index in [4.69, 9.17) is 0 Å². The number of benzene rings is 2. The lowest BCUT2D eigenvalue weighted by atomic mass is 9.96. The van der Waals surface area contributed by atoms with Crippen molar-refractivity contribution in [3.63, 3.8) is 0 Å². The van der Waals surface area contributed by atoms with Crippen molar-refractivity contribution in [1.29, 1.82) is 0 Å². The SMILES string of the molecule is C=C(c1ccc2ccccc2c1)C(C)N1CCCN2CCCC21. The summed E-state index contributed by atoms with van der Waals surface area (Å²) in [5.41, 5.74) is 2.54. The number of fused-ring (bicyclic) bond motifs is 2. The van der Waals surface area contributed by atoms with Crippen LogP contribution in [0.25, 0.3) is 16.3 Å². The smallest absolute Gasteiger partial charge is 0.0628 e. The van der Waals surface area contributed by atoms with Crippen LogP contribution in [0.5, 0.6) is 0 Å². The van der Waals surface area contributed by atoms with Gasteiger partial charge in [0.1, 0.15) is 0 Å². The fourth-order valence-electron chi connectivity index (χ4n) is 4.33. The lowest BCUT2D eigenvalue weighted by Gasteiger charge is -2.44. The minimum absolute atomic E-state index is 0.405. The Hall–Kier alpha value is -1.64. The van der Waals surface area contributed by atoms with E-state index in [1.807, 2.05) is 0 Å². The van der Waals surface area contributed by atoms with Gasteiger partial charge in [0.15, 0.2) is 0 Å². The van der Waals surface area contributed by atoms with Crippen LogP contribution in [0.3, 0.4) is 0 Å². The molecule has 2 saturated heterocycles. The van der Waals surface area contributed by atoms with Gasteiger partial charge in [-0.15, -0.1) is 0 Å². The van der Waals surface area contributed by atoms with Crippen LogP contribution in [0.2, 0.25) is 0 Å². The Labute approximate surface area is 139 Å². The molecule has 2 aromatic carbocycles. The molecular formula is C21H26N2. The summed E-state index contributed by atoms with van der Waals surface area (Å²) in [7, 11) is 0. The first-order chi connectivity index (χ1) is 11.2. The van der Waals surface area contributed by atoms with E-state index in [2.05, 4.69) is 65.8 Å². The maximum absolute atomic E-state index is 4.46. The van der Waals surface area contributed by atoms with Crippen molar-refractivity contribution in [2.75, 3.05) is 19.6 Å². The monoisotopic (exact) mass is 306 g/mol. The van der Waals surface area contributed by atoms with Gasteiger partial charge >= 0.3 is 0 Å². The van der Waals surface area contributed by atoms with Gasteiger partial charge in [0, 0.05) is 19.1 Å². The van der Waals surface area contributed by atoms with Crippen molar-refractivity contribution in [3.8, 4) is 0 Å². The molecular weight excluding hydrogens is 280 g/mol. The third-order valence-corrected chi connectivity index (χ3v) is 5.70. The van der Waals surface area contributed by atoms with Crippen molar-refractivity contribution in [1.82, 2.24) is 9.80 Å². The molecule has 0 aromatic heterocycles. The first-order valence-electron chi connectivity index (χ1n) is 8.92. The molecule has 23 heavy (non-hydrogen) atoms. The average molecular weight is 306 g/mol. The summed E-state index contributed by atoms with van der Waals surface area (Å²) in [6.07, 6.45) is 4.58. The Bertz CT molecular complexity index is 721. The molecule has 120 valence electrons. The van der Waals surface area contributed by atoms with Crippen LogP contribution < -0.4 is 0 Å². The third-order valence-electron chi connectivity index (χ3n) is 5.70. The van der Waals surface area contributed by atoms with Crippen LogP contribution in [0.4, 0.5) is 0 Å². The zero-order valence-corrected chi connectivity index (χ0v) is 14.0. The molecule has 2 heteroatoms. The first kappa shape index (κ1) is 14.9. The van der Waals surface area contributed by atoms with E-state index in [1.54, 1.807) is 0 Å². The molecule has 2 heterocycles. The molecule has 2 aliphatic heterocycles. The molecule has 2 aromatic rings. The van der Waals surface area contributed by atoms with Crippen molar-refractivity contribution in [2.24, 2.45) is 0 Å². The lowest BCUT2D eigenvalue weighted by molar-refractivity contribution is 0.0226. The highest BCUT2D eigenvalue weighted by molar-refractivity contribution is 5.86. The van der Waals surface area contributed by atoms with Gasteiger partial charge in [-0.2, -0.15) is 0 Å². The number of hydrogen-bond donors (Lipinski definition) is 0. The molecule has 4 rings (SSSR count). The van der Waals surface area contributed by atoms with E-state index in [9.17, 15) is 0 Å². The van der Waals surface area contributed by atoms with E-state index in [-0.39, 0.29) is 0 Å². The summed E-state index contributed by atoms with van der Waals surface area (Å²) in [6.45, 7) is 10.5. The van der Waals surface area contributed by atoms with Crippen LogP contribution >= 0.6 is 0 Å². The molecule has 0 N–H and O–H groups in total. The highest BCUT2D eigenvalue weighted by Crippen LogP contribution is 2.31. The molecule has 2 nitrogen and oxygen atoms in total. The van der Waals surface area contributed by atoms with Crippen molar-refractivity contribution in [3.05, 3.63) is 54.6 Å². The summed E-state index contributed by atoms with van der Waals surface area (Å²) < 4.78 is 0. The molecule has 2 unspecified atom stereocenters. The summed E-state index contributed by atoms with van der Waals surface area (Å²) in [6, 6.07) is 15.7. The number of nitrogens with zero attached hydrogens (tertiary/aromatic N) is 2. The maximum atomic E-state index is 4.46. The summed E-state index contributed by atoms with van der Waals surface area (Å²) >= 11 is 0. The van der Waals surface area contributed by atoms with Crippen LogP contribution in [-0.2, 0) is 0 Å². The van der Waals surface area contributed by atoms with E-state index in [1.165, 1.54) is 60.8 Å². The van der Waals surface area contributed by atoms with Gasteiger partial charge in [-0.05, 0) is 60.7 Å². The van der Waals surface area contributed by atoms with Crippen molar-refractivity contribution in [2.45, 2.75) is 38.4 Å². The van der Waals surface area contributed by atoms with Crippen LogP contribution in [0.1, 0.15) is 31.7 Å². The molecule has 0 aliphatic carbocycles. The average Bonchev–Trinajstić information content (AvgIpc) is 3.08. The van der Waals surface area contributed by atoms with Crippen LogP contribution in [-0.4, -0.2) is 41.6 Å². The first-order valence-corrected chi connectivity index (χ1v) is 8.92. The highest BCUT2D eigenvalue weighted by atomic mass is 15.4. The molecule has 2 atom stereocenters. The summed E-state index contributed by atoms with van der Waals surface area (Å²) in [4.78, 5) is 5.34. The van der Waals surface area contributed by atoms with Gasteiger partial charge in [-0.25, -0.2) is 0 Å².